The van der Waals surface area contributed by atoms with E-state index in [9.17, 15) is 12.8 Å². The molecule has 0 radical (unpaired) electrons. The summed E-state index contributed by atoms with van der Waals surface area (Å²) in [6.07, 6.45) is 0. The van der Waals surface area contributed by atoms with Crippen molar-refractivity contribution in [3.05, 3.63) is 66.5 Å². The number of halogens is 1. The van der Waals surface area contributed by atoms with Gasteiger partial charge in [-0.15, -0.1) is 10.2 Å². The van der Waals surface area contributed by atoms with Crippen molar-refractivity contribution >= 4 is 27.3 Å². The molecule has 0 unspecified atom stereocenters. The lowest BCUT2D eigenvalue weighted by Crippen LogP contribution is -2.14. The maximum atomic E-state index is 12.9. The summed E-state index contributed by atoms with van der Waals surface area (Å²) >= 11 is 0. The second-order valence-corrected chi connectivity index (χ2v) is 6.90. The fraction of sp³-hybridized carbons (Fsp3) is 0.0588. The number of rotatable bonds is 6. The minimum atomic E-state index is -3.87. The van der Waals surface area contributed by atoms with Crippen LogP contribution in [0, 0.1) is 5.82 Å². The van der Waals surface area contributed by atoms with Crippen LogP contribution in [0.4, 0.5) is 21.7 Å². The highest BCUT2D eigenvalue weighted by Gasteiger charge is 2.15. The monoisotopic (exact) mass is 374 g/mol. The molecule has 1 aromatic heterocycles. The molecule has 3 aromatic rings. The highest BCUT2D eigenvalue weighted by atomic mass is 32.2. The molecule has 2 aromatic carbocycles. The Hall–Kier alpha value is -3.20. The molecule has 0 saturated carbocycles. The van der Waals surface area contributed by atoms with Gasteiger partial charge in [0.1, 0.15) is 11.6 Å². The van der Waals surface area contributed by atoms with E-state index in [0.717, 1.165) is 17.8 Å². The van der Waals surface area contributed by atoms with Crippen LogP contribution in [0.3, 0.4) is 0 Å². The third-order valence-electron chi connectivity index (χ3n) is 3.37. The largest absolute Gasteiger partial charge is 0.497 e. The molecule has 0 atom stereocenters. The van der Waals surface area contributed by atoms with Crippen LogP contribution >= 0.6 is 0 Å². The first-order chi connectivity index (χ1) is 12.5. The second-order valence-electron chi connectivity index (χ2n) is 5.22. The maximum Gasteiger partial charge on any atom is 0.263 e. The maximum absolute atomic E-state index is 12.9. The van der Waals surface area contributed by atoms with Gasteiger partial charge in [-0.3, -0.25) is 4.72 Å². The fourth-order valence-corrected chi connectivity index (χ4v) is 3.11. The summed E-state index contributed by atoms with van der Waals surface area (Å²) < 4.78 is 44.8. The first kappa shape index (κ1) is 17.6. The minimum Gasteiger partial charge on any atom is -0.497 e. The average Bonchev–Trinajstić information content (AvgIpc) is 2.64. The Labute approximate surface area is 149 Å². The van der Waals surface area contributed by atoms with Crippen LogP contribution in [0.2, 0.25) is 0 Å². The van der Waals surface area contributed by atoms with Gasteiger partial charge in [-0.25, -0.2) is 12.8 Å². The highest BCUT2D eigenvalue weighted by Crippen LogP contribution is 2.21. The Morgan fingerprint density at radius 2 is 1.65 bits per heavy atom. The summed E-state index contributed by atoms with van der Waals surface area (Å²) in [5, 5.41) is 10.8. The molecule has 0 fully saturated rings. The number of benzene rings is 2. The molecule has 0 aliphatic heterocycles. The van der Waals surface area contributed by atoms with Gasteiger partial charge < -0.3 is 10.1 Å². The van der Waals surface area contributed by atoms with Crippen LogP contribution in [0.15, 0.2) is 65.6 Å². The lowest BCUT2D eigenvalue weighted by Gasteiger charge is -2.09. The predicted molar refractivity (Wildman–Crippen MR) is 95.5 cm³/mol. The van der Waals surface area contributed by atoms with Gasteiger partial charge in [0.25, 0.3) is 10.0 Å². The third kappa shape index (κ3) is 4.25. The molecule has 7 nitrogen and oxygen atoms in total. The Kier molecular flexibility index (Phi) is 4.99. The summed E-state index contributed by atoms with van der Waals surface area (Å²) in [5.74, 6) is 0.650. The molecule has 3 rings (SSSR count). The Morgan fingerprint density at radius 3 is 2.31 bits per heavy atom. The van der Waals surface area contributed by atoms with Crippen molar-refractivity contribution in [1.82, 2.24) is 10.2 Å². The van der Waals surface area contributed by atoms with Crippen molar-refractivity contribution in [3.8, 4) is 5.75 Å². The number of aromatic nitrogens is 2. The van der Waals surface area contributed by atoms with E-state index in [2.05, 4.69) is 20.2 Å². The van der Waals surface area contributed by atoms with E-state index < -0.39 is 15.8 Å². The van der Waals surface area contributed by atoms with Gasteiger partial charge in [-0.05, 0) is 48.5 Å². The molecule has 0 saturated heterocycles. The van der Waals surface area contributed by atoms with Crippen molar-refractivity contribution in [3.63, 3.8) is 0 Å². The molecule has 1 heterocycles. The number of ether oxygens (including phenoxy) is 1. The lowest BCUT2D eigenvalue weighted by atomic mass is 10.3. The molecule has 0 spiro atoms. The quantitative estimate of drug-likeness (QED) is 0.688. The lowest BCUT2D eigenvalue weighted by molar-refractivity contribution is 0.415. The zero-order valence-electron chi connectivity index (χ0n) is 13.7. The van der Waals surface area contributed by atoms with Crippen LogP contribution in [0.25, 0.3) is 0 Å². The van der Waals surface area contributed by atoms with Crippen LogP contribution < -0.4 is 14.8 Å². The molecule has 0 aliphatic rings. The molecule has 134 valence electrons. The normalized spacial score (nSPS) is 11.0. The number of methoxy groups -OCH3 is 1. The van der Waals surface area contributed by atoms with Crippen LogP contribution in [0.5, 0.6) is 5.75 Å². The zero-order valence-corrected chi connectivity index (χ0v) is 14.5. The Morgan fingerprint density at radius 1 is 0.962 bits per heavy atom. The SMILES string of the molecule is COc1cccc(Nc2ccc(NS(=O)(=O)c3ccc(F)cc3)nn2)c1. The van der Waals surface area contributed by atoms with Gasteiger partial charge in [-0.2, -0.15) is 0 Å². The number of sulfonamides is 1. The summed E-state index contributed by atoms with van der Waals surface area (Å²) in [6, 6.07) is 14.8. The minimum absolute atomic E-state index is 0.0468. The molecule has 0 aliphatic carbocycles. The van der Waals surface area contributed by atoms with Crippen molar-refractivity contribution in [2.75, 3.05) is 17.1 Å². The predicted octanol–water partition coefficient (Wildman–Crippen LogP) is 3.17. The van der Waals surface area contributed by atoms with E-state index in [1.807, 2.05) is 18.2 Å². The van der Waals surface area contributed by atoms with Gasteiger partial charge in [0.05, 0.1) is 12.0 Å². The van der Waals surface area contributed by atoms with Crippen LogP contribution in [0.1, 0.15) is 0 Å². The first-order valence-corrected chi connectivity index (χ1v) is 8.98. The van der Waals surface area contributed by atoms with Crippen molar-refractivity contribution in [1.29, 1.82) is 0 Å². The van der Waals surface area contributed by atoms with Gasteiger partial charge in [0.15, 0.2) is 11.6 Å². The Bertz CT molecular complexity index is 993. The van der Waals surface area contributed by atoms with Gasteiger partial charge in [-0.1, -0.05) is 6.07 Å². The molecule has 9 heteroatoms. The standard InChI is InChI=1S/C17H15FN4O3S/c1-25-14-4-2-3-13(11-14)19-16-9-10-17(21-20-16)22-26(23,24)15-7-5-12(18)6-8-15/h2-11H,1H3,(H,19,20)(H,21,22). The highest BCUT2D eigenvalue weighted by molar-refractivity contribution is 7.92. The summed E-state index contributed by atoms with van der Waals surface area (Å²) in [4.78, 5) is -0.0701. The van der Waals surface area contributed by atoms with E-state index in [1.165, 1.54) is 18.2 Å². The van der Waals surface area contributed by atoms with Crippen LogP contribution in [-0.2, 0) is 10.0 Å². The second kappa shape index (κ2) is 7.36. The topological polar surface area (TPSA) is 93.2 Å². The average molecular weight is 374 g/mol. The van der Waals surface area contributed by atoms with Crippen molar-refractivity contribution < 1.29 is 17.5 Å². The molecule has 26 heavy (non-hydrogen) atoms. The van der Waals surface area contributed by atoms with Gasteiger partial charge in [0.2, 0.25) is 0 Å². The van der Waals surface area contributed by atoms with Crippen molar-refractivity contribution in [2.24, 2.45) is 0 Å². The molecular weight excluding hydrogens is 359 g/mol. The fourth-order valence-electron chi connectivity index (χ4n) is 2.11. The number of anilines is 3. The molecule has 2 N–H and O–H groups in total. The van der Waals surface area contributed by atoms with E-state index in [-0.39, 0.29) is 10.7 Å². The third-order valence-corrected chi connectivity index (χ3v) is 4.74. The van der Waals surface area contributed by atoms with E-state index in [4.69, 9.17) is 4.74 Å². The first-order valence-electron chi connectivity index (χ1n) is 7.49. The zero-order chi connectivity index (χ0) is 18.6. The van der Waals surface area contributed by atoms with Gasteiger partial charge in [0, 0.05) is 11.8 Å². The van der Waals surface area contributed by atoms with Crippen LogP contribution in [-0.4, -0.2) is 25.7 Å². The number of nitrogens with one attached hydrogen (secondary N) is 2. The van der Waals surface area contributed by atoms with E-state index in [1.54, 1.807) is 19.2 Å². The molecule has 0 amide bonds. The van der Waals surface area contributed by atoms with Gasteiger partial charge >= 0.3 is 0 Å². The Balaban J connectivity index is 1.72. The smallest absolute Gasteiger partial charge is 0.263 e. The summed E-state index contributed by atoms with van der Waals surface area (Å²) in [6.45, 7) is 0. The summed E-state index contributed by atoms with van der Waals surface area (Å²) in [7, 11) is -2.30. The summed E-state index contributed by atoms with van der Waals surface area (Å²) in [5.41, 5.74) is 0.748. The van der Waals surface area contributed by atoms with Crippen molar-refractivity contribution in [2.45, 2.75) is 4.90 Å². The molecular formula is C17H15FN4O3S. The number of hydrogen-bond acceptors (Lipinski definition) is 6. The number of hydrogen-bond donors (Lipinski definition) is 2. The van der Waals surface area contributed by atoms with E-state index in [0.29, 0.717) is 11.6 Å². The molecule has 0 bridgehead atoms. The van der Waals surface area contributed by atoms with E-state index >= 15 is 0 Å². The number of nitrogens with zero attached hydrogens (tertiary/aromatic N) is 2.